The number of ether oxygens (including phenoxy) is 1. The molecule has 0 amide bonds. The van der Waals surface area contributed by atoms with Crippen molar-refractivity contribution in [2.45, 2.75) is 19.4 Å². The van der Waals surface area contributed by atoms with Gasteiger partial charge in [-0.2, -0.15) is 0 Å². The van der Waals surface area contributed by atoms with Crippen molar-refractivity contribution in [3.8, 4) is 5.75 Å². The van der Waals surface area contributed by atoms with Crippen LogP contribution in [-0.2, 0) is 0 Å². The van der Waals surface area contributed by atoms with E-state index in [0.29, 0.717) is 6.42 Å². The maximum absolute atomic E-state index is 13.3. The summed E-state index contributed by atoms with van der Waals surface area (Å²) in [4.78, 5) is 0. The summed E-state index contributed by atoms with van der Waals surface area (Å²) in [7, 11) is 1.35. The Morgan fingerprint density at radius 3 is 2.21 bits per heavy atom. The molecule has 1 atom stereocenters. The van der Waals surface area contributed by atoms with Gasteiger partial charge in [-0.1, -0.05) is 6.92 Å². The lowest BCUT2D eigenvalue weighted by Crippen LogP contribution is -2.13. The van der Waals surface area contributed by atoms with Crippen LogP contribution in [0.15, 0.2) is 12.1 Å². The van der Waals surface area contributed by atoms with Crippen molar-refractivity contribution in [3.63, 3.8) is 0 Å². The van der Waals surface area contributed by atoms with Crippen molar-refractivity contribution in [1.29, 1.82) is 0 Å². The van der Waals surface area contributed by atoms with Crippen molar-refractivity contribution in [2.24, 2.45) is 5.73 Å². The molecule has 0 saturated carbocycles. The molecule has 0 heterocycles. The van der Waals surface area contributed by atoms with Gasteiger partial charge >= 0.3 is 0 Å². The van der Waals surface area contributed by atoms with Crippen LogP contribution in [0.5, 0.6) is 5.75 Å². The van der Waals surface area contributed by atoms with E-state index in [0.717, 1.165) is 12.1 Å². The van der Waals surface area contributed by atoms with Crippen LogP contribution < -0.4 is 10.5 Å². The maximum Gasteiger partial charge on any atom is 0.134 e. The fourth-order valence-corrected chi connectivity index (χ4v) is 1.24. The minimum atomic E-state index is -0.656. The van der Waals surface area contributed by atoms with Gasteiger partial charge < -0.3 is 10.5 Å². The van der Waals surface area contributed by atoms with Crippen LogP contribution in [0.2, 0.25) is 0 Å². The predicted octanol–water partition coefficient (Wildman–Crippen LogP) is 2.38. The van der Waals surface area contributed by atoms with E-state index in [1.54, 1.807) is 6.92 Å². The van der Waals surface area contributed by atoms with Crippen LogP contribution >= 0.6 is 0 Å². The first kappa shape index (κ1) is 10.9. The highest BCUT2D eigenvalue weighted by molar-refractivity contribution is 5.32. The Hall–Kier alpha value is -1.16. The van der Waals surface area contributed by atoms with Crippen LogP contribution in [-0.4, -0.2) is 7.11 Å². The van der Waals surface area contributed by atoms with Crippen LogP contribution in [0.4, 0.5) is 8.78 Å². The number of hydrogen-bond donors (Lipinski definition) is 1. The van der Waals surface area contributed by atoms with E-state index in [1.165, 1.54) is 7.11 Å². The highest BCUT2D eigenvalue weighted by Gasteiger charge is 2.16. The molecule has 0 unspecified atom stereocenters. The Morgan fingerprint density at radius 1 is 1.36 bits per heavy atom. The van der Waals surface area contributed by atoms with E-state index in [9.17, 15) is 8.78 Å². The van der Waals surface area contributed by atoms with E-state index < -0.39 is 17.7 Å². The van der Waals surface area contributed by atoms with Gasteiger partial charge in [0, 0.05) is 23.7 Å². The molecule has 4 heteroatoms. The minimum absolute atomic E-state index is 0.0756. The number of nitrogens with two attached hydrogens (primary N) is 1. The van der Waals surface area contributed by atoms with Crippen molar-refractivity contribution in [3.05, 3.63) is 29.3 Å². The molecule has 78 valence electrons. The molecule has 0 saturated heterocycles. The van der Waals surface area contributed by atoms with E-state index >= 15 is 0 Å². The zero-order valence-electron chi connectivity index (χ0n) is 8.18. The largest absolute Gasteiger partial charge is 0.497 e. The Morgan fingerprint density at radius 2 is 1.86 bits per heavy atom. The number of halogens is 2. The van der Waals surface area contributed by atoms with E-state index in [1.807, 2.05) is 0 Å². The standard InChI is InChI=1S/C10H13F2NO/c1-3-9(13)10-7(11)4-6(14-2)5-8(10)12/h4-5,9H,3,13H2,1-2H3/t9-/m0/s1. The first-order valence-corrected chi connectivity index (χ1v) is 4.38. The summed E-state index contributed by atoms with van der Waals surface area (Å²) < 4.78 is 31.4. The third-order valence-corrected chi connectivity index (χ3v) is 2.10. The fourth-order valence-electron chi connectivity index (χ4n) is 1.24. The van der Waals surface area contributed by atoms with E-state index in [-0.39, 0.29) is 11.3 Å². The Bertz CT molecular complexity index is 305. The topological polar surface area (TPSA) is 35.2 Å². The predicted molar refractivity (Wildman–Crippen MR) is 50.1 cm³/mol. The highest BCUT2D eigenvalue weighted by atomic mass is 19.1. The molecule has 1 rings (SSSR count). The second-order valence-corrected chi connectivity index (χ2v) is 3.02. The van der Waals surface area contributed by atoms with Crippen LogP contribution in [0.1, 0.15) is 24.9 Å². The molecule has 2 N–H and O–H groups in total. The first-order chi connectivity index (χ1) is 6.60. The van der Waals surface area contributed by atoms with Crippen molar-refractivity contribution in [1.82, 2.24) is 0 Å². The fraction of sp³-hybridized carbons (Fsp3) is 0.400. The van der Waals surface area contributed by atoms with Crippen molar-refractivity contribution >= 4 is 0 Å². The molecule has 0 fully saturated rings. The molecule has 0 aliphatic heterocycles. The van der Waals surface area contributed by atoms with Gasteiger partial charge in [0.15, 0.2) is 0 Å². The van der Waals surface area contributed by atoms with Gasteiger partial charge in [-0.15, -0.1) is 0 Å². The maximum atomic E-state index is 13.3. The Kier molecular flexibility index (Phi) is 3.41. The number of benzene rings is 1. The third kappa shape index (κ3) is 2.01. The third-order valence-electron chi connectivity index (χ3n) is 2.10. The average molecular weight is 201 g/mol. The van der Waals surface area contributed by atoms with Crippen molar-refractivity contribution < 1.29 is 13.5 Å². The second-order valence-electron chi connectivity index (χ2n) is 3.02. The molecule has 1 aromatic carbocycles. The summed E-state index contributed by atoms with van der Waals surface area (Å²) in [6, 6.07) is 1.66. The summed E-state index contributed by atoms with van der Waals surface area (Å²) in [5.41, 5.74) is 5.49. The Balaban J connectivity index is 3.18. The van der Waals surface area contributed by atoms with Crippen LogP contribution in [0, 0.1) is 11.6 Å². The lowest BCUT2D eigenvalue weighted by molar-refractivity contribution is 0.403. The van der Waals surface area contributed by atoms with Crippen LogP contribution in [0.3, 0.4) is 0 Å². The average Bonchev–Trinajstić information content (AvgIpc) is 2.16. The molecule has 0 aliphatic rings. The van der Waals surface area contributed by atoms with Gasteiger partial charge in [-0.25, -0.2) is 8.78 Å². The zero-order valence-corrected chi connectivity index (χ0v) is 8.18. The molecule has 0 bridgehead atoms. The minimum Gasteiger partial charge on any atom is -0.497 e. The van der Waals surface area contributed by atoms with Gasteiger partial charge in [0.2, 0.25) is 0 Å². The first-order valence-electron chi connectivity index (χ1n) is 4.38. The number of hydrogen-bond acceptors (Lipinski definition) is 2. The molecule has 0 spiro atoms. The summed E-state index contributed by atoms with van der Waals surface area (Å²) in [5, 5.41) is 0. The summed E-state index contributed by atoms with van der Waals surface area (Å²) >= 11 is 0. The lowest BCUT2D eigenvalue weighted by Gasteiger charge is -2.12. The molecule has 0 radical (unpaired) electrons. The van der Waals surface area contributed by atoms with Gasteiger partial charge in [-0.05, 0) is 6.42 Å². The second kappa shape index (κ2) is 4.37. The lowest BCUT2D eigenvalue weighted by atomic mass is 10.0. The van der Waals surface area contributed by atoms with Gasteiger partial charge in [-0.3, -0.25) is 0 Å². The molecule has 0 aromatic heterocycles. The van der Waals surface area contributed by atoms with Gasteiger partial charge in [0.05, 0.1) is 7.11 Å². The molecule has 2 nitrogen and oxygen atoms in total. The summed E-state index contributed by atoms with van der Waals surface area (Å²) in [6.07, 6.45) is 0.486. The monoisotopic (exact) mass is 201 g/mol. The zero-order chi connectivity index (χ0) is 10.7. The van der Waals surface area contributed by atoms with Gasteiger partial charge in [0.1, 0.15) is 17.4 Å². The Labute approximate surface area is 81.7 Å². The van der Waals surface area contributed by atoms with Gasteiger partial charge in [0.25, 0.3) is 0 Å². The van der Waals surface area contributed by atoms with Crippen molar-refractivity contribution in [2.75, 3.05) is 7.11 Å². The molecular weight excluding hydrogens is 188 g/mol. The molecule has 14 heavy (non-hydrogen) atoms. The molecule has 0 aliphatic carbocycles. The van der Waals surface area contributed by atoms with Crippen LogP contribution in [0.25, 0.3) is 0 Å². The highest BCUT2D eigenvalue weighted by Crippen LogP contribution is 2.25. The summed E-state index contributed by atoms with van der Waals surface area (Å²) in [5.74, 6) is -1.15. The number of rotatable bonds is 3. The van der Waals surface area contributed by atoms with E-state index in [2.05, 4.69) is 0 Å². The quantitative estimate of drug-likeness (QED) is 0.814. The normalized spacial score (nSPS) is 12.6. The SMILES string of the molecule is CC[C@H](N)c1c(F)cc(OC)cc1F. The van der Waals surface area contributed by atoms with E-state index in [4.69, 9.17) is 10.5 Å². The number of methoxy groups -OCH3 is 1. The molecular formula is C10H13F2NO. The molecule has 1 aromatic rings. The smallest absolute Gasteiger partial charge is 0.134 e. The summed E-state index contributed by atoms with van der Waals surface area (Å²) in [6.45, 7) is 1.77.